The number of rotatable bonds is 2. The molecule has 4 nitrogen and oxygen atoms in total. The monoisotopic (exact) mass is 305 g/mol. The molecule has 0 bridgehead atoms. The molecule has 6 heteroatoms. The van der Waals surface area contributed by atoms with Crippen molar-refractivity contribution in [2.75, 3.05) is 26.3 Å². The summed E-state index contributed by atoms with van der Waals surface area (Å²) in [5.41, 5.74) is 0.690. The van der Waals surface area contributed by atoms with Crippen LogP contribution in [-0.4, -0.2) is 48.3 Å². The van der Waals surface area contributed by atoms with Gasteiger partial charge in [0, 0.05) is 18.5 Å². The van der Waals surface area contributed by atoms with Crippen molar-refractivity contribution >= 4 is 33.2 Å². The highest BCUT2D eigenvalue weighted by molar-refractivity contribution is 9.11. The zero-order valence-corrected chi connectivity index (χ0v) is 11.0. The zero-order chi connectivity index (χ0) is 11.5. The van der Waals surface area contributed by atoms with E-state index in [4.69, 9.17) is 9.84 Å². The standard InChI is InChI=1S/C10H12BrNO3S/c11-9-3-7(6-16-9)10(14)12-1-2-15-8(4-12)5-13/h3,6,8,13H,1-2,4-5H2. The van der Waals surface area contributed by atoms with Gasteiger partial charge in [0.2, 0.25) is 0 Å². The first kappa shape index (κ1) is 12.0. The van der Waals surface area contributed by atoms with Gasteiger partial charge in [0.15, 0.2) is 0 Å². The summed E-state index contributed by atoms with van der Waals surface area (Å²) in [7, 11) is 0. The van der Waals surface area contributed by atoms with E-state index in [-0.39, 0.29) is 18.6 Å². The molecule has 1 aromatic heterocycles. The summed E-state index contributed by atoms with van der Waals surface area (Å²) in [5.74, 6) is 0.00343. The maximum Gasteiger partial charge on any atom is 0.254 e. The predicted octanol–water partition coefficient (Wildman–Crippen LogP) is 1.34. The van der Waals surface area contributed by atoms with Crippen molar-refractivity contribution in [3.05, 3.63) is 20.8 Å². The minimum Gasteiger partial charge on any atom is -0.394 e. The largest absolute Gasteiger partial charge is 0.394 e. The minimum absolute atomic E-state index is 0.00343. The number of nitrogens with zero attached hydrogens (tertiary/aromatic N) is 1. The molecule has 1 aliphatic heterocycles. The smallest absolute Gasteiger partial charge is 0.254 e. The van der Waals surface area contributed by atoms with Gasteiger partial charge in [-0.3, -0.25) is 4.79 Å². The van der Waals surface area contributed by atoms with Crippen LogP contribution >= 0.6 is 27.3 Å². The third kappa shape index (κ3) is 2.63. The molecule has 1 N–H and O–H groups in total. The van der Waals surface area contributed by atoms with Gasteiger partial charge in [-0.05, 0) is 22.0 Å². The first-order valence-corrected chi connectivity index (χ1v) is 6.63. The molecule has 1 unspecified atom stereocenters. The van der Waals surface area contributed by atoms with E-state index in [2.05, 4.69) is 15.9 Å². The summed E-state index contributed by atoms with van der Waals surface area (Å²) in [4.78, 5) is 13.8. The summed E-state index contributed by atoms with van der Waals surface area (Å²) in [6.45, 7) is 1.49. The van der Waals surface area contributed by atoms with E-state index in [1.54, 1.807) is 4.90 Å². The van der Waals surface area contributed by atoms with Crippen LogP contribution in [0.15, 0.2) is 15.2 Å². The molecule has 1 atom stereocenters. The number of ether oxygens (including phenoxy) is 1. The quantitative estimate of drug-likeness (QED) is 0.897. The maximum atomic E-state index is 12.0. The molecule has 1 fully saturated rings. The molecule has 0 saturated carbocycles. The molecular formula is C10H12BrNO3S. The lowest BCUT2D eigenvalue weighted by atomic mass is 10.2. The number of halogens is 1. The fourth-order valence-electron chi connectivity index (χ4n) is 1.62. The lowest BCUT2D eigenvalue weighted by molar-refractivity contribution is -0.0447. The van der Waals surface area contributed by atoms with E-state index in [0.29, 0.717) is 25.3 Å². The van der Waals surface area contributed by atoms with Crippen LogP contribution in [0.25, 0.3) is 0 Å². The summed E-state index contributed by atoms with van der Waals surface area (Å²) in [6, 6.07) is 1.82. The fraction of sp³-hybridized carbons (Fsp3) is 0.500. The Morgan fingerprint density at radius 2 is 2.56 bits per heavy atom. The molecule has 2 rings (SSSR count). The van der Waals surface area contributed by atoms with E-state index in [0.717, 1.165) is 3.79 Å². The van der Waals surface area contributed by atoms with Gasteiger partial charge in [0.25, 0.3) is 5.91 Å². The Morgan fingerprint density at radius 1 is 1.75 bits per heavy atom. The van der Waals surface area contributed by atoms with E-state index >= 15 is 0 Å². The Bertz CT molecular complexity index is 382. The fourth-order valence-corrected chi connectivity index (χ4v) is 2.75. The zero-order valence-electron chi connectivity index (χ0n) is 8.56. The lowest BCUT2D eigenvalue weighted by Crippen LogP contribution is -2.46. The maximum absolute atomic E-state index is 12.0. The number of hydrogen-bond acceptors (Lipinski definition) is 4. The molecule has 1 aliphatic rings. The van der Waals surface area contributed by atoms with Crippen molar-refractivity contribution in [2.45, 2.75) is 6.10 Å². The van der Waals surface area contributed by atoms with Crippen LogP contribution in [0, 0.1) is 0 Å². The van der Waals surface area contributed by atoms with Crippen LogP contribution in [-0.2, 0) is 4.74 Å². The minimum atomic E-state index is -0.250. The predicted molar refractivity (Wildman–Crippen MR) is 64.7 cm³/mol. The second kappa shape index (κ2) is 5.27. The van der Waals surface area contributed by atoms with E-state index in [1.807, 2.05) is 11.4 Å². The highest BCUT2D eigenvalue weighted by Crippen LogP contribution is 2.22. The summed E-state index contributed by atoms with van der Waals surface area (Å²) in [5, 5.41) is 10.8. The highest BCUT2D eigenvalue weighted by Gasteiger charge is 2.24. The second-order valence-electron chi connectivity index (χ2n) is 3.57. The Hall–Kier alpha value is -0.430. The third-order valence-corrected chi connectivity index (χ3v) is 3.95. The molecule has 0 aliphatic carbocycles. The first-order valence-electron chi connectivity index (χ1n) is 4.96. The van der Waals surface area contributed by atoms with Crippen molar-refractivity contribution in [3.63, 3.8) is 0 Å². The Labute approximate surface area is 106 Å². The van der Waals surface area contributed by atoms with Crippen molar-refractivity contribution in [2.24, 2.45) is 0 Å². The molecule has 2 heterocycles. The van der Waals surface area contributed by atoms with Crippen LogP contribution in [0.3, 0.4) is 0 Å². The van der Waals surface area contributed by atoms with E-state index in [9.17, 15) is 4.79 Å². The summed E-state index contributed by atoms with van der Waals surface area (Å²) < 4.78 is 6.25. The number of aliphatic hydroxyl groups excluding tert-OH is 1. The van der Waals surface area contributed by atoms with Gasteiger partial charge in [-0.2, -0.15) is 0 Å². The van der Waals surface area contributed by atoms with Gasteiger partial charge < -0.3 is 14.7 Å². The number of thiophene rings is 1. The molecule has 1 amide bonds. The van der Waals surface area contributed by atoms with Gasteiger partial charge in [-0.25, -0.2) is 0 Å². The van der Waals surface area contributed by atoms with Gasteiger partial charge in [-0.1, -0.05) is 0 Å². The number of aliphatic hydroxyl groups is 1. The highest BCUT2D eigenvalue weighted by atomic mass is 79.9. The molecule has 16 heavy (non-hydrogen) atoms. The second-order valence-corrected chi connectivity index (χ2v) is 5.86. The van der Waals surface area contributed by atoms with Crippen LogP contribution in [0.4, 0.5) is 0 Å². The van der Waals surface area contributed by atoms with Gasteiger partial charge in [0.05, 0.1) is 28.7 Å². The van der Waals surface area contributed by atoms with Crippen LogP contribution in [0.2, 0.25) is 0 Å². The normalized spacial score (nSPS) is 21.1. The third-order valence-electron chi connectivity index (χ3n) is 2.44. The van der Waals surface area contributed by atoms with Gasteiger partial charge in [-0.15, -0.1) is 11.3 Å². The number of hydrogen-bond donors (Lipinski definition) is 1. The van der Waals surface area contributed by atoms with E-state index < -0.39 is 0 Å². The van der Waals surface area contributed by atoms with E-state index in [1.165, 1.54) is 11.3 Å². The van der Waals surface area contributed by atoms with Crippen molar-refractivity contribution in [3.8, 4) is 0 Å². The number of morpholine rings is 1. The van der Waals surface area contributed by atoms with Crippen LogP contribution in [0.1, 0.15) is 10.4 Å². The van der Waals surface area contributed by atoms with Crippen LogP contribution in [0.5, 0.6) is 0 Å². The Kier molecular flexibility index (Phi) is 3.96. The topological polar surface area (TPSA) is 49.8 Å². The van der Waals surface area contributed by atoms with Crippen molar-refractivity contribution in [1.29, 1.82) is 0 Å². The van der Waals surface area contributed by atoms with Crippen molar-refractivity contribution < 1.29 is 14.6 Å². The molecule has 0 spiro atoms. The number of carbonyl (C=O) groups is 1. The average Bonchev–Trinajstić information content (AvgIpc) is 2.75. The average molecular weight is 306 g/mol. The SMILES string of the molecule is O=C(c1csc(Br)c1)N1CCOC(CO)C1. The van der Waals surface area contributed by atoms with Gasteiger partial charge in [0.1, 0.15) is 0 Å². The number of amides is 1. The first-order chi connectivity index (χ1) is 7.70. The lowest BCUT2D eigenvalue weighted by Gasteiger charge is -2.31. The van der Waals surface area contributed by atoms with Crippen LogP contribution < -0.4 is 0 Å². The molecule has 0 aromatic carbocycles. The summed E-state index contributed by atoms with van der Waals surface area (Å²) in [6.07, 6.45) is -0.250. The van der Waals surface area contributed by atoms with Crippen molar-refractivity contribution in [1.82, 2.24) is 4.90 Å². The van der Waals surface area contributed by atoms with Gasteiger partial charge >= 0.3 is 0 Å². The molecule has 1 aromatic rings. The molecule has 0 radical (unpaired) electrons. The molecular weight excluding hydrogens is 294 g/mol. The molecule has 1 saturated heterocycles. The molecule has 88 valence electrons. The Morgan fingerprint density at radius 3 is 3.19 bits per heavy atom. The summed E-state index contributed by atoms with van der Waals surface area (Å²) >= 11 is 4.82. The Balaban J connectivity index is 2.04. The number of carbonyl (C=O) groups excluding carboxylic acids is 1.